The van der Waals surface area contributed by atoms with E-state index in [0.29, 0.717) is 25.0 Å². The molecule has 0 unspecified atom stereocenters. The molecule has 1 fully saturated rings. The molecule has 2 aliphatic heterocycles. The number of carbonyl (C=O) groups excluding carboxylic acids is 3. The first-order valence-electron chi connectivity index (χ1n) is 12.6. The van der Waals surface area contributed by atoms with E-state index in [1.165, 1.54) is 5.01 Å². The predicted molar refractivity (Wildman–Crippen MR) is 141 cm³/mol. The lowest BCUT2D eigenvalue weighted by molar-refractivity contribution is -0.140. The second-order valence-corrected chi connectivity index (χ2v) is 9.45. The molecule has 190 valence electrons. The zero-order valence-electron chi connectivity index (χ0n) is 21.2. The lowest BCUT2D eigenvalue weighted by Gasteiger charge is -2.25. The molecule has 0 spiro atoms. The van der Waals surface area contributed by atoms with Crippen LogP contribution in [0, 0.1) is 0 Å². The summed E-state index contributed by atoms with van der Waals surface area (Å²) in [7, 11) is 1.60. The van der Waals surface area contributed by atoms with Gasteiger partial charge >= 0.3 is 6.03 Å². The van der Waals surface area contributed by atoms with Crippen molar-refractivity contribution in [2.45, 2.75) is 44.7 Å². The van der Waals surface area contributed by atoms with Gasteiger partial charge in [-0.25, -0.2) is 9.80 Å². The minimum absolute atomic E-state index is 0.366. The van der Waals surface area contributed by atoms with Crippen molar-refractivity contribution < 1.29 is 19.1 Å². The molecule has 0 aliphatic carbocycles. The number of rotatable bonds is 7. The number of imide groups is 1. The Hall–Kier alpha value is -4.20. The summed E-state index contributed by atoms with van der Waals surface area (Å²) in [5.41, 5.74) is 1.63. The number of carbonyl (C=O) groups is 3. The van der Waals surface area contributed by atoms with Gasteiger partial charge in [-0.2, -0.15) is 5.10 Å². The van der Waals surface area contributed by atoms with Crippen molar-refractivity contribution in [2.75, 3.05) is 13.7 Å². The number of amides is 4. The molecule has 3 aromatic rings. The molecule has 1 atom stereocenters. The maximum absolute atomic E-state index is 13.6. The Morgan fingerprint density at radius 2 is 1.73 bits per heavy atom. The van der Waals surface area contributed by atoms with Crippen LogP contribution in [0.5, 0.6) is 5.75 Å². The minimum atomic E-state index is -0.961. The second kappa shape index (κ2) is 9.69. The number of hydrogen-bond donors (Lipinski definition) is 1. The summed E-state index contributed by atoms with van der Waals surface area (Å²) >= 11 is 0. The van der Waals surface area contributed by atoms with E-state index in [2.05, 4.69) is 17.4 Å². The Morgan fingerprint density at radius 3 is 2.38 bits per heavy atom. The van der Waals surface area contributed by atoms with Crippen LogP contribution in [-0.4, -0.2) is 52.7 Å². The molecule has 0 aromatic heterocycles. The summed E-state index contributed by atoms with van der Waals surface area (Å²) in [6.07, 6.45) is 1.42. The fraction of sp³-hybridized carbons (Fsp3) is 0.310. The summed E-state index contributed by atoms with van der Waals surface area (Å²) in [5.74, 6) is -0.0667. The van der Waals surface area contributed by atoms with E-state index in [1.54, 1.807) is 7.11 Å². The molecule has 5 rings (SSSR count). The van der Waals surface area contributed by atoms with Crippen molar-refractivity contribution in [1.29, 1.82) is 0 Å². The minimum Gasteiger partial charge on any atom is -0.497 e. The van der Waals surface area contributed by atoms with E-state index in [-0.39, 0.29) is 18.5 Å². The van der Waals surface area contributed by atoms with E-state index in [4.69, 9.17) is 9.84 Å². The number of fused-ring (bicyclic) bond motifs is 1. The standard InChI is InChI=1S/C29H30N4O4/c1-4-29(5-2)27(35)32(28(36)30-29)18-26(34)33-25(20-12-14-23(37-3)15-13-20)17-24(31-33)22-11-10-19-8-6-7-9-21(19)16-22/h6-16,25H,4-5,17-18H2,1-3H3,(H,30,36)/t25-/m1/s1. The summed E-state index contributed by atoms with van der Waals surface area (Å²) in [6.45, 7) is 3.34. The molecule has 0 saturated carbocycles. The van der Waals surface area contributed by atoms with Crippen LogP contribution in [0.25, 0.3) is 10.8 Å². The van der Waals surface area contributed by atoms with Crippen molar-refractivity contribution in [3.05, 3.63) is 77.9 Å². The van der Waals surface area contributed by atoms with Gasteiger partial charge in [0.05, 0.1) is 18.9 Å². The van der Waals surface area contributed by atoms with Crippen LogP contribution in [0.15, 0.2) is 71.8 Å². The lowest BCUT2D eigenvalue weighted by Crippen LogP contribution is -2.46. The largest absolute Gasteiger partial charge is 0.497 e. The van der Waals surface area contributed by atoms with E-state index in [0.717, 1.165) is 32.5 Å². The molecular weight excluding hydrogens is 468 g/mol. The number of nitrogens with zero attached hydrogens (tertiary/aromatic N) is 3. The number of methoxy groups -OCH3 is 1. The first-order valence-corrected chi connectivity index (χ1v) is 12.6. The lowest BCUT2D eigenvalue weighted by atomic mass is 9.93. The Kier molecular flexibility index (Phi) is 6.41. The van der Waals surface area contributed by atoms with Crippen LogP contribution in [-0.2, 0) is 9.59 Å². The van der Waals surface area contributed by atoms with Crippen molar-refractivity contribution in [2.24, 2.45) is 5.10 Å². The molecule has 8 nitrogen and oxygen atoms in total. The van der Waals surface area contributed by atoms with E-state index >= 15 is 0 Å². The second-order valence-electron chi connectivity index (χ2n) is 9.45. The van der Waals surface area contributed by atoms with Crippen molar-refractivity contribution in [3.8, 4) is 5.75 Å². The molecular formula is C29H30N4O4. The first-order chi connectivity index (χ1) is 17.9. The third-order valence-corrected chi connectivity index (χ3v) is 7.50. The molecule has 4 amide bonds. The average molecular weight is 499 g/mol. The number of urea groups is 1. The maximum atomic E-state index is 13.6. The quantitative estimate of drug-likeness (QED) is 0.481. The Balaban J connectivity index is 1.47. The highest BCUT2D eigenvalue weighted by Crippen LogP contribution is 2.35. The Morgan fingerprint density at radius 1 is 1.03 bits per heavy atom. The fourth-order valence-electron chi connectivity index (χ4n) is 5.13. The summed E-state index contributed by atoms with van der Waals surface area (Å²) < 4.78 is 5.29. The molecule has 0 radical (unpaired) electrons. The molecule has 2 aliphatic rings. The summed E-state index contributed by atoms with van der Waals surface area (Å²) in [5, 5.41) is 11.2. The molecule has 37 heavy (non-hydrogen) atoms. The Labute approximate surface area is 215 Å². The maximum Gasteiger partial charge on any atom is 0.325 e. The van der Waals surface area contributed by atoms with E-state index in [1.807, 2.05) is 68.4 Å². The number of hydrazone groups is 1. The van der Waals surface area contributed by atoms with Crippen LogP contribution >= 0.6 is 0 Å². The third-order valence-electron chi connectivity index (χ3n) is 7.50. The van der Waals surface area contributed by atoms with Gasteiger partial charge in [-0.05, 0) is 52.9 Å². The van der Waals surface area contributed by atoms with Crippen LogP contribution in [0.3, 0.4) is 0 Å². The Bertz CT molecular complexity index is 1390. The summed E-state index contributed by atoms with van der Waals surface area (Å²) in [6, 6.07) is 20.8. The third kappa shape index (κ3) is 4.33. The first kappa shape index (κ1) is 24.5. The fourth-order valence-corrected chi connectivity index (χ4v) is 5.13. The molecule has 1 N–H and O–H groups in total. The topological polar surface area (TPSA) is 91.3 Å². The van der Waals surface area contributed by atoms with Gasteiger partial charge in [0.15, 0.2) is 0 Å². The zero-order chi connectivity index (χ0) is 26.2. The molecule has 3 aromatic carbocycles. The average Bonchev–Trinajstić information content (AvgIpc) is 3.48. The summed E-state index contributed by atoms with van der Waals surface area (Å²) in [4.78, 5) is 40.4. The van der Waals surface area contributed by atoms with Gasteiger partial charge in [-0.3, -0.25) is 14.5 Å². The number of nitrogens with one attached hydrogen (secondary N) is 1. The predicted octanol–water partition coefficient (Wildman–Crippen LogP) is 4.64. The highest BCUT2D eigenvalue weighted by molar-refractivity contribution is 6.10. The smallest absolute Gasteiger partial charge is 0.325 e. The van der Waals surface area contributed by atoms with Gasteiger partial charge in [0.2, 0.25) is 0 Å². The number of hydrogen-bond acceptors (Lipinski definition) is 5. The highest BCUT2D eigenvalue weighted by atomic mass is 16.5. The number of ether oxygens (including phenoxy) is 1. The number of benzene rings is 3. The van der Waals surface area contributed by atoms with Crippen molar-refractivity contribution >= 4 is 34.3 Å². The molecule has 0 bridgehead atoms. The van der Waals surface area contributed by atoms with Gasteiger partial charge in [-0.15, -0.1) is 0 Å². The van der Waals surface area contributed by atoms with E-state index in [9.17, 15) is 14.4 Å². The van der Waals surface area contributed by atoms with Gasteiger partial charge in [0, 0.05) is 6.42 Å². The van der Waals surface area contributed by atoms with Crippen molar-refractivity contribution in [3.63, 3.8) is 0 Å². The van der Waals surface area contributed by atoms with Gasteiger partial charge < -0.3 is 10.1 Å². The van der Waals surface area contributed by atoms with Gasteiger partial charge in [-0.1, -0.05) is 62.4 Å². The zero-order valence-corrected chi connectivity index (χ0v) is 21.2. The van der Waals surface area contributed by atoms with Crippen LogP contribution in [0.2, 0.25) is 0 Å². The SMILES string of the molecule is CCC1(CC)NC(=O)N(CC(=O)N2N=C(c3ccc4ccccc4c3)C[C@@H]2c2ccc(OC)cc2)C1=O. The normalized spacial score (nSPS) is 18.8. The highest BCUT2D eigenvalue weighted by Gasteiger charge is 2.50. The van der Waals surface area contributed by atoms with Crippen molar-refractivity contribution in [1.82, 2.24) is 15.2 Å². The molecule has 2 heterocycles. The van der Waals surface area contributed by atoms with Crippen LogP contribution in [0.1, 0.15) is 50.3 Å². The van der Waals surface area contributed by atoms with Crippen LogP contribution < -0.4 is 10.1 Å². The molecule has 8 heteroatoms. The monoisotopic (exact) mass is 498 g/mol. The molecule has 1 saturated heterocycles. The van der Waals surface area contributed by atoms with Gasteiger partial charge in [0.1, 0.15) is 17.8 Å². The van der Waals surface area contributed by atoms with E-state index < -0.39 is 17.5 Å². The van der Waals surface area contributed by atoms with Gasteiger partial charge in [0.25, 0.3) is 11.8 Å². The van der Waals surface area contributed by atoms with Crippen LogP contribution in [0.4, 0.5) is 4.79 Å².